The van der Waals surface area contributed by atoms with Crippen LogP contribution in [0.4, 0.5) is 23.7 Å². The number of nitrogens with zero attached hydrogens (tertiary/aromatic N) is 3. The van der Waals surface area contributed by atoms with E-state index in [0.29, 0.717) is 23.7 Å². The van der Waals surface area contributed by atoms with Gasteiger partial charge in [0.1, 0.15) is 29.8 Å². The van der Waals surface area contributed by atoms with Crippen LogP contribution in [0.15, 0.2) is 29.8 Å². The number of carbonyl (C=O) groups is 2. The number of nitrogens with one attached hydrogen (secondary N) is 2. The van der Waals surface area contributed by atoms with Crippen LogP contribution in [0.3, 0.4) is 0 Å². The van der Waals surface area contributed by atoms with Gasteiger partial charge in [-0.25, -0.2) is 4.79 Å². The molecule has 4 N–H and O–H groups in total. The highest BCUT2D eigenvalue weighted by atomic mass is 19.4. The Morgan fingerprint density at radius 3 is 2.55 bits per heavy atom. The Labute approximate surface area is 229 Å². The molecule has 15 heteroatoms. The van der Waals surface area contributed by atoms with E-state index in [2.05, 4.69) is 20.5 Å². The largest absolute Gasteiger partial charge is 0.485 e. The molecule has 2 aliphatic rings. The number of carbonyl (C=O) groups excluding carboxylic acids is 2. The Kier molecular flexibility index (Phi) is 9.29. The molecule has 2 atom stereocenters. The van der Waals surface area contributed by atoms with E-state index in [1.165, 1.54) is 13.8 Å². The standard InChI is InChI=1S/C25H36F3N5O7/c1-6-32-14-18(20(31-32)38-10-9-34)33-13-16(12-29-21(35)23(2,3)37)39-19-8-7-15(11-17(19)33)30-22(36)40-24(4,5)25(26,27)28/h8,11,14-16,34,37H,6-7,9-10,12-13H2,1-5H3,(H,29,35)(H,30,36)/t15?,16-/m0/s1. The minimum absolute atomic E-state index is 0.0180. The second-order valence-electron chi connectivity index (χ2n) is 10.4. The zero-order valence-electron chi connectivity index (χ0n) is 23.0. The third kappa shape index (κ3) is 7.38. The second kappa shape index (κ2) is 12.0. The van der Waals surface area contributed by atoms with Gasteiger partial charge in [0.25, 0.3) is 11.8 Å². The van der Waals surface area contributed by atoms with Gasteiger partial charge >= 0.3 is 12.3 Å². The molecular weight excluding hydrogens is 539 g/mol. The van der Waals surface area contributed by atoms with Gasteiger partial charge in [-0.15, -0.1) is 5.10 Å². The van der Waals surface area contributed by atoms with Crippen molar-refractivity contribution in [2.75, 3.05) is 31.2 Å². The van der Waals surface area contributed by atoms with Crippen LogP contribution in [0, 0.1) is 0 Å². The van der Waals surface area contributed by atoms with Crippen molar-refractivity contribution in [3.05, 3.63) is 29.8 Å². The number of morpholine rings is 1. The SMILES string of the molecule is CCn1cc(N2C[C@H](CNC(=O)C(C)(C)O)OC3=CCC(NC(=O)OC(C)(C)C(F)(F)F)C=C32)c(OCCO)n1. The van der Waals surface area contributed by atoms with Gasteiger partial charge in [0, 0.05) is 6.54 Å². The number of aromatic nitrogens is 2. The van der Waals surface area contributed by atoms with Crippen molar-refractivity contribution in [3.63, 3.8) is 0 Å². The summed E-state index contributed by atoms with van der Waals surface area (Å²) in [6.07, 6.45) is -1.35. The number of aryl methyl sites for hydroxylation is 1. The van der Waals surface area contributed by atoms with Crippen LogP contribution in [0.25, 0.3) is 0 Å². The lowest BCUT2D eigenvalue weighted by atomic mass is 10.0. The summed E-state index contributed by atoms with van der Waals surface area (Å²) in [7, 11) is 0. The summed E-state index contributed by atoms with van der Waals surface area (Å²) in [5, 5.41) is 28.7. The third-order valence-electron chi connectivity index (χ3n) is 6.17. The monoisotopic (exact) mass is 575 g/mol. The van der Waals surface area contributed by atoms with E-state index >= 15 is 0 Å². The fourth-order valence-electron chi connectivity index (χ4n) is 3.84. The van der Waals surface area contributed by atoms with Gasteiger partial charge in [0.05, 0.1) is 37.6 Å². The molecule has 1 aromatic rings. The van der Waals surface area contributed by atoms with Gasteiger partial charge in [-0.05, 0) is 53.2 Å². The van der Waals surface area contributed by atoms with E-state index < -0.39 is 41.5 Å². The molecule has 1 aliphatic heterocycles. The summed E-state index contributed by atoms with van der Waals surface area (Å²) >= 11 is 0. The van der Waals surface area contributed by atoms with Crippen molar-refractivity contribution in [2.45, 2.75) is 77.1 Å². The van der Waals surface area contributed by atoms with E-state index in [4.69, 9.17) is 9.47 Å². The van der Waals surface area contributed by atoms with Gasteiger partial charge in [0.2, 0.25) is 5.60 Å². The fourth-order valence-corrected chi connectivity index (χ4v) is 3.84. The summed E-state index contributed by atoms with van der Waals surface area (Å²) in [5.74, 6) is 0.0452. The quantitative estimate of drug-likeness (QED) is 0.329. The van der Waals surface area contributed by atoms with Crippen LogP contribution in [-0.2, 0) is 20.8 Å². The maximum Gasteiger partial charge on any atom is 0.427 e. The molecule has 0 bridgehead atoms. The molecule has 12 nitrogen and oxygen atoms in total. The van der Waals surface area contributed by atoms with Crippen LogP contribution in [0.1, 0.15) is 41.0 Å². The summed E-state index contributed by atoms with van der Waals surface area (Å²) in [5.41, 5.74) is -3.28. The number of hydrogen-bond donors (Lipinski definition) is 4. The molecule has 0 radical (unpaired) electrons. The first-order valence-electron chi connectivity index (χ1n) is 12.8. The number of amides is 2. The Bertz CT molecular complexity index is 1140. The molecule has 224 valence electrons. The first kappa shape index (κ1) is 31.1. The Morgan fingerprint density at radius 2 is 1.95 bits per heavy atom. The van der Waals surface area contributed by atoms with Gasteiger partial charge < -0.3 is 40.0 Å². The highest BCUT2D eigenvalue weighted by Crippen LogP contribution is 2.38. The van der Waals surface area contributed by atoms with Crippen molar-refractivity contribution >= 4 is 17.7 Å². The normalized spacial score (nSPS) is 19.6. The lowest BCUT2D eigenvalue weighted by Gasteiger charge is -2.40. The highest BCUT2D eigenvalue weighted by molar-refractivity contribution is 5.83. The number of fused-ring (bicyclic) bond motifs is 1. The van der Waals surface area contributed by atoms with E-state index in [9.17, 15) is 33.0 Å². The number of ether oxygens (including phenoxy) is 3. The average Bonchev–Trinajstić information content (AvgIpc) is 3.27. The lowest BCUT2D eigenvalue weighted by Crippen LogP contribution is -2.51. The predicted molar refractivity (Wildman–Crippen MR) is 136 cm³/mol. The van der Waals surface area contributed by atoms with Crippen molar-refractivity contribution in [1.82, 2.24) is 20.4 Å². The molecule has 2 amide bonds. The molecule has 0 spiro atoms. The van der Waals surface area contributed by atoms with E-state index in [0.717, 1.165) is 13.8 Å². The third-order valence-corrected chi connectivity index (χ3v) is 6.17. The Morgan fingerprint density at radius 1 is 1.25 bits per heavy atom. The van der Waals surface area contributed by atoms with Gasteiger partial charge in [-0.2, -0.15) is 13.2 Å². The summed E-state index contributed by atoms with van der Waals surface area (Å²) in [6, 6.07) is -0.726. The Balaban J connectivity index is 1.89. The summed E-state index contributed by atoms with van der Waals surface area (Å²) in [6.45, 7) is 6.60. The highest BCUT2D eigenvalue weighted by Gasteiger charge is 2.51. The molecule has 1 aliphatic carbocycles. The van der Waals surface area contributed by atoms with Gasteiger partial charge in [-0.3, -0.25) is 9.48 Å². The van der Waals surface area contributed by atoms with Crippen LogP contribution < -0.4 is 20.3 Å². The fraction of sp³-hybridized carbons (Fsp3) is 0.640. The number of halogens is 3. The lowest BCUT2D eigenvalue weighted by molar-refractivity contribution is -0.244. The van der Waals surface area contributed by atoms with Gasteiger partial charge in [-0.1, -0.05) is 0 Å². The number of alkyl carbamates (subject to hydrolysis) is 1. The molecule has 0 saturated carbocycles. The Hall–Kier alpha value is -3.46. The minimum atomic E-state index is -4.75. The second-order valence-corrected chi connectivity index (χ2v) is 10.4. The molecule has 1 saturated heterocycles. The number of rotatable bonds is 10. The van der Waals surface area contributed by atoms with E-state index in [1.807, 2.05) is 6.92 Å². The number of aliphatic hydroxyl groups excluding tert-OH is 1. The topological polar surface area (TPSA) is 147 Å². The van der Waals surface area contributed by atoms with Gasteiger partial charge in [0.15, 0.2) is 0 Å². The maximum absolute atomic E-state index is 13.2. The first-order chi connectivity index (χ1) is 18.6. The van der Waals surface area contributed by atoms with Crippen molar-refractivity contribution in [3.8, 4) is 5.88 Å². The number of alkyl halides is 3. The number of aliphatic hydroxyl groups is 2. The van der Waals surface area contributed by atoms with Crippen molar-refractivity contribution < 1.29 is 47.2 Å². The molecule has 2 heterocycles. The predicted octanol–water partition coefficient (Wildman–Crippen LogP) is 1.97. The zero-order valence-corrected chi connectivity index (χ0v) is 23.0. The molecule has 1 aromatic heterocycles. The van der Waals surface area contributed by atoms with E-state index in [1.54, 1.807) is 27.9 Å². The smallest absolute Gasteiger partial charge is 0.427 e. The van der Waals surface area contributed by atoms with E-state index in [-0.39, 0.29) is 38.6 Å². The van der Waals surface area contributed by atoms with Crippen molar-refractivity contribution in [2.24, 2.45) is 0 Å². The number of anilines is 1. The summed E-state index contributed by atoms with van der Waals surface area (Å²) in [4.78, 5) is 26.4. The van der Waals surface area contributed by atoms with Crippen LogP contribution in [-0.4, -0.2) is 87.8 Å². The molecule has 1 unspecified atom stereocenters. The summed E-state index contributed by atoms with van der Waals surface area (Å²) < 4.78 is 57.6. The molecule has 0 aromatic carbocycles. The van der Waals surface area contributed by atoms with Crippen LogP contribution in [0.2, 0.25) is 0 Å². The zero-order chi connectivity index (χ0) is 29.9. The minimum Gasteiger partial charge on any atom is -0.485 e. The molecule has 40 heavy (non-hydrogen) atoms. The number of hydrogen-bond acceptors (Lipinski definition) is 9. The average molecular weight is 576 g/mol. The molecular formula is C25H36F3N5O7. The van der Waals surface area contributed by atoms with Crippen LogP contribution >= 0.6 is 0 Å². The van der Waals surface area contributed by atoms with Crippen LogP contribution in [0.5, 0.6) is 5.88 Å². The van der Waals surface area contributed by atoms with Crippen molar-refractivity contribution in [1.29, 1.82) is 0 Å². The first-order valence-corrected chi connectivity index (χ1v) is 12.8. The molecule has 3 rings (SSSR count). The maximum atomic E-state index is 13.2. The molecule has 1 fully saturated rings.